The lowest BCUT2D eigenvalue weighted by atomic mass is 10.1. The molecule has 0 aliphatic heterocycles. The number of hydrogen-bond donors (Lipinski definition) is 1. The van der Waals surface area contributed by atoms with Crippen LogP contribution in [0.4, 0.5) is 18.9 Å². The minimum Gasteiger partial charge on any atom is -0.406 e. The Hall–Kier alpha value is -2.15. The van der Waals surface area contributed by atoms with Crippen LogP contribution in [0, 0.1) is 6.92 Å². The number of amides is 1. The molecular formula is C17H16F3NO2S. The molecule has 1 amide bonds. The van der Waals surface area contributed by atoms with Gasteiger partial charge in [-0.3, -0.25) is 4.79 Å². The van der Waals surface area contributed by atoms with Crippen molar-refractivity contribution in [2.75, 3.05) is 11.1 Å². The molecule has 0 atom stereocenters. The van der Waals surface area contributed by atoms with Crippen LogP contribution in [0.1, 0.15) is 11.1 Å². The van der Waals surface area contributed by atoms with Crippen LogP contribution >= 0.6 is 11.8 Å². The van der Waals surface area contributed by atoms with E-state index in [1.54, 1.807) is 0 Å². The first kappa shape index (κ1) is 18.2. The van der Waals surface area contributed by atoms with Crippen LogP contribution in [0.3, 0.4) is 0 Å². The number of aryl methyl sites for hydroxylation is 1. The van der Waals surface area contributed by atoms with Gasteiger partial charge in [-0.1, -0.05) is 24.3 Å². The van der Waals surface area contributed by atoms with Gasteiger partial charge in [-0.05, 0) is 42.3 Å². The second-order valence-corrected chi connectivity index (χ2v) is 6.03. The fourth-order valence-corrected chi connectivity index (χ4v) is 2.87. The molecule has 2 aromatic rings. The average Bonchev–Trinajstić information content (AvgIpc) is 2.50. The van der Waals surface area contributed by atoms with Crippen LogP contribution in [0.2, 0.25) is 0 Å². The van der Waals surface area contributed by atoms with E-state index in [9.17, 15) is 18.0 Å². The van der Waals surface area contributed by atoms with Gasteiger partial charge in [0.2, 0.25) is 5.91 Å². The Morgan fingerprint density at radius 2 is 1.79 bits per heavy atom. The minimum atomic E-state index is -4.73. The Morgan fingerprint density at radius 3 is 2.42 bits per heavy atom. The fraction of sp³-hybridized carbons (Fsp3) is 0.235. The number of thioether (sulfide) groups is 1. The number of hydrogen-bond acceptors (Lipinski definition) is 3. The quantitative estimate of drug-likeness (QED) is 0.811. The zero-order chi connectivity index (χ0) is 17.6. The molecule has 2 aromatic carbocycles. The average molecular weight is 355 g/mol. The van der Waals surface area contributed by atoms with Gasteiger partial charge in [-0.15, -0.1) is 24.9 Å². The lowest BCUT2D eigenvalue weighted by Crippen LogP contribution is -2.17. The van der Waals surface area contributed by atoms with Crippen LogP contribution in [0.15, 0.2) is 48.5 Å². The molecule has 24 heavy (non-hydrogen) atoms. The van der Waals surface area contributed by atoms with Crippen molar-refractivity contribution in [2.45, 2.75) is 19.0 Å². The third-order valence-corrected chi connectivity index (χ3v) is 4.11. The van der Waals surface area contributed by atoms with E-state index >= 15 is 0 Å². The Labute approximate surface area is 142 Å². The van der Waals surface area contributed by atoms with Crippen molar-refractivity contribution < 1.29 is 22.7 Å². The molecule has 7 heteroatoms. The molecule has 128 valence electrons. The summed E-state index contributed by atoms with van der Waals surface area (Å²) in [5, 5.41) is 2.64. The van der Waals surface area contributed by atoms with Gasteiger partial charge in [0, 0.05) is 11.4 Å². The van der Waals surface area contributed by atoms with Crippen LogP contribution in [0.5, 0.6) is 5.75 Å². The third-order valence-electron chi connectivity index (χ3n) is 3.12. The monoisotopic (exact) mass is 355 g/mol. The van der Waals surface area contributed by atoms with Crippen LogP contribution in [0.25, 0.3) is 0 Å². The Kier molecular flexibility index (Phi) is 6.14. The summed E-state index contributed by atoms with van der Waals surface area (Å²) in [5.41, 5.74) is 2.76. The molecule has 1 N–H and O–H groups in total. The minimum absolute atomic E-state index is 0.210. The molecular weight excluding hydrogens is 339 g/mol. The number of rotatable bonds is 6. The van der Waals surface area contributed by atoms with E-state index in [4.69, 9.17) is 0 Å². The smallest absolute Gasteiger partial charge is 0.406 e. The van der Waals surface area contributed by atoms with Gasteiger partial charge >= 0.3 is 6.36 Å². The number of halogens is 3. The Bertz CT molecular complexity index is 687. The standard InChI is InChI=1S/C17H16F3NO2S/c1-12-4-2-3-5-13(12)10-24-11-16(22)21-14-6-8-15(9-7-14)23-17(18,19)20/h2-9H,10-11H2,1H3,(H,21,22). The second-order valence-electron chi connectivity index (χ2n) is 5.04. The van der Waals surface area contributed by atoms with Crippen molar-refractivity contribution in [1.29, 1.82) is 0 Å². The molecule has 0 heterocycles. The highest BCUT2D eigenvalue weighted by molar-refractivity contribution is 7.99. The highest BCUT2D eigenvalue weighted by atomic mass is 32.2. The molecule has 0 spiro atoms. The summed E-state index contributed by atoms with van der Waals surface area (Å²) in [6, 6.07) is 13.0. The number of benzene rings is 2. The van der Waals surface area contributed by atoms with E-state index in [1.807, 2.05) is 31.2 Å². The largest absolute Gasteiger partial charge is 0.573 e. The maximum atomic E-state index is 12.1. The maximum absolute atomic E-state index is 12.1. The van der Waals surface area contributed by atoms with E-state index in [2.05, 4.69) is 10.1 Å². The van der Waals surface area contributed by atoms with Crippen LogP contribution < -0.4 is 10.1 Å². The van der Waals surface area contributed by atoms with E-state index in [0.29, 0.717) is 5.69 Å². The zero-order valence-corrected chi connectivity index (χ0v) is 13.7. The van der Waals surface area contributed by atoms with Gasteiger partial charge in [0.15, 0.2) is 0 Å². The van der Waals surface area contributed by atoms with E-state index in [-0.39, 0.29) is 17.4 Å². The van der Waals surface area contributed by atoms with Gasteiger partial charge in [0.25, 0.3) is 0 Å². The molecule has 0 unspecified atom stereocenters. The van der Waals surface area contributed by atoms with E-state index in [1.165, 1.54) is 35.0 Å². The Morgan fingerprint density at radius 1 is 1.12 bits per heavy atom. The summed E-state index contributed by atoms with van der Waals surface area (Å²) >= 11 is 1.47. The molecule has 2 rings (SSSR count). The SMILES string of the molecule is Cc1ccccc1CSCC(=O)Nc1ccc(OC(F)(F)F)cc1. The summed E-state index contributed by atoms with van der Waals surface area (Å²) in [6.07, 6.45) is -4.73. The summed E-state index contributed by atoms with van der Waals surface area (Å²) < 4.78 is 40.0. The third kappa shape index (κ3) is 6.16. The van der Waals surface area contributed by atoms with E-state index < -0.39 is 6.36 Å². The number of carbonyl (C=O) groups is 1. The molecule has 0 saturated carbocycles. The molecule has 3 nitrogen and oxygen atoms in total. The van der Waals surface area contributed by atoms with Crippen LogP contribution in [-0.4, -0.2) is 18.0 Å². The first-order chi connectivity index (χ1) is 11.3. The number of anilines is 1. The highest BCUT2D eigenvalue weighted by Crippen LogP contribution is 2.24. The number of ether oxygens (including phenoxy) is 1. The predicted octanol–water partition coefficient (Wildman–Crippen LogP) is 4.77. The lowest BCUT2D eigenvalue weighted by molar-refractivity contribution is -0.274. The van der Waals surface area contributed by atoms with Crippen molar-refractivity contribution in [1.82, 2.24) is 0 Å². The predicted molar refractivity (Wildman–Crippen MR) is 89.1 cm³/mol. The molecule has 0 aliphatic rings. The van der Waals surface area contributed by atoms with Gasteiger partial charge in [0.1, 0.15) is 5.75 Å². The van der Waals surface area contributed by atoms with Crippen molar-refractivity contribution in [3.63, 3.8) is 0 Å². The molecule has 0 bridgehead atoms. The van der Waals surface area contributed by atoms with Gasteiger partial charge in [-0.2, -0.15) is 0 Å². The summed E-state index contributed by atoms with van der Waals surface area (Å²) in [5.74, 6) is 0.445. The lowest BCUT2D eigenvalue weighted by Gasteiger charge is -2.10. The fourth-order valence-electron chi connectivity index (χ4n) is 1.96. The molecule has 0 fully saturated rings. The normalized spacial score (nSPS) is 11.2. The second kappa shape index (κ2) is 8.10. The molecule has 0 aliphatic carbocycles. The van der Waals surface area contributed by atoms with Gasteiger partial charge < -0.3 is 10.1 Å². The van der Waals surface area contributed by atoms with E-state index in [0.717, 1.165) is 17.9 Å². The Balaban J connectivity index is 1.79. The summed E-state index contributed by atoms with van der Waals surface area (Å²) in [4.78, 5) is 11.9. The van der Waals surface area contributed by atoms with Crippen molar-refractivity contribution in [3.8, 4) is 5.75 Å². The number of alkyl halides is 3. The molecule has 0 aromatic heterocycles. The van der Waals surface area contributed by atoms with Gasteiger partial charge in [-0.25, -0.2) is 0 Å². The summed E-state index contributed by atoms with van der Waals surface area (Å²) in [7, 11) is 0. The first-order valence-electron chi connectivity index (χ1n) is 7.11. The van der Waals surface area contributed by atoms with Crippen molar-refractivity contribution in [2.24, 2.45) is 0 Å². The summed E-state index contributed by atoms with van der Waals surface area (Å²) in [6.45, 7) is 2.01. The van der Waals surface area contributed by atoms with Crippen LogP contribution in [-0.2, 0) is 10.5 Å². The molecule has 0 radical (unpaired) electrons. The maximum Gasteiger partial charge on any atom is 0.573 e. The van der Waals surface area contributed by atoms with Crippen molar-refractivity contribution >= 4 is 23.4 Å². The number of nitrogens with one attached hydrogen (secondary N) is 1. The molecule has 0 saturated heterocycles. The topological polar surface area (TPSA) is 38.3 Å². The zero-order valence-electron chi connectivity index (χ0n) is 12.9. The highest BCUT2D eigenvalue weighted by Gasteiger charge is 2.30. The number of carbonyl (C=O) groups excluding carboxylic acids is 1. The van der Waals surface area contributed by atoms with Gasteiger partial charge in [0.05, 0.1) is 5.75 Å². The first-order valence-corrected chi connectivity index (χ1v) is 8.27. The van der Waals surface area contributed by atoms with Crippen molar-refractivity contribution in [3.05, 3.63) is 59.7 Å².